The zero-order valence-electron chi connectivity index (χ0n) is 46.4. The predicted molar refractivity (Wildman–Crippen MR) is 311 cm³/mol. The van der Waals surface area contributed by atoms with Crippen molar-refractivity contribution in [2.24, 2.45) is 0 Å². The molecule has 6 nitrogen and oxygen atoms in total. The summed E-state index contributed by atoms with van der Waals surface area (Å²) < 4.78 is 16.8. The van der Waals surface area contributed by atoms with Gasteiger partial charge in [0.05, 0.1) is 0 Å². The van der Waals surface area contributed by atoms with Gasteiger partial charge in [-0.3, -0.25) is 14.4 Å². The number of carbonyl (C=O) groups is 3. The molecule has 406 valence electrons. The molecule has 0 saturated heterocycles. The van der Waals surface area contributed by atoms with Gasteiger partial charge in [-0.05, 0) is 103 Å². The molecule has 1 unspecified atom stereocenters. The smallest absolute Gasteiger partial charge is 0.306 e. The van der Waals surface area contributed by atoms with E-state index in [0.29, 0.717) is 19.3 Å². The van der Waals surface area contributed by atoms with Crippen LogP contribution in [-0.2, 0) is 28.6 Å². The van der Waals surface area contributed by atoms with Gasteiger partial charge in [0.2, 0.25) is 0 Å². The summed E-state index contributed by atoms with van der Waals surface area (Å²) in [5, 5.41) is 0. The topological polar surface area (TPSA) is 78.9 Å². The van der Waals surface area contributed by atoms with Crippen molar-refractivity contribution in [1.29, 1.82) is 0 Å². The maximum atomic E-state index is 12.9. The van der Waals surface area contributed by atoms with Gasteiger partial charge in [-0.25, -0.2) is 0 Å². The lowest BCUT2D eigenvalue weighted by atomic mass is 10.0. The number of rotatable bonds is 51. The van der Waals surface area contributed by atoms with Crippen molar-refractivity contribution in [2.75, 3.05) is 13.2 Å². The number of carbonyl (C=O) groups excluding carboxylic acids is 3. The van der Waals surface area contributed by atoms with Crippen LogP contribution in [0.5, 0.6) is 0 Å². The molecule has 0 amide bonds. The van der Waals surface area contributed by atoms with E-state index in [2.05, 4.69) is 142 Å². The molecule has 0 N–H and O–H groups in total. The molecular weight excluding hydrogens is 889 g/mol. The Morgan fingerprint density at radius 1 is 0.292 bits per heavy atom. The monoisotopic (exact) mass is 995 g/mol. The Labute approximate surface area is 443 Å². The Bertz CT molecular complexity index is 1560. The lowest BCUT2D eigenvalue weighted by Gasteiger charge is -2.18. The summed E-state index contributed by atoms with van der Waals surface area (Å²) in [7, 11) is 0. The van der Waals surface area contributed by atoms with Gasteiger partial charge in [-0.2, -0.15) is 0 Å². The first-order valence-electron chi connectivity index (χ1n) is 29.2. The first-order chi connectivity index (χ1) is 35.5. The first-order valence-corrected chi connectivity index (χ1v) is 29.2. The summed E-state index contributed by atoms with van der Waals surface area (Å²) in [4.78, 5) is 38.1. The average molecular weight is 996 g/mol. The Morgan fingerprint density at radius 2 is 0.569 bits per heavy atom. The van der Waals surface area contributed by atoms with Crippen LogP contribution in [-0.4, -0.2) is 37.2 Å². The Hall–Kier alpha value is -4.45. The highest BCUT2D eigenvalue weighted by molar-refractivity contribution is 5.71. The molecule has 0 fully saturated rings. The fourth-order valence-corrected chi connectivity index (χ4v) is 7.61. The van der Waals surface area contributed by atoms with Crippen LogP contribution < -0.4 is 0 Å². The maximum absolute atomic E-state index is 12.9. The molecule has 0 aromatic rings. The molecule has 0 radical (unpaired) electrons. The largest absolute Gasteiger partial charge is 0.462 e. The van der Waals surface area contributed by atoms with Crippen LogP contribution in [0.4, 0.5) is 0 Å². The van der Waals surface area contributed by atoms with Gasteiger partial charge in [0, 0.05) is 19.3 Å². The molecule has 0 aromatic heterocycles. The Kier molecular flexibility index (Phi) is 55.5. The highest BCUT2D eigenvalue weighted by atomic mass is 16.6. The lowest BCUT2D eigenvalue weighted by molar-refractivity contribution is -0.166. The van der Waals surface area contributed by atoms with Crippen molar-refractivity contribution in [2.45, 2.75) is 252 Å². The minimum atomic E-state index is -0.824. The number of allylic oxidation sites excluding steroid dienone is 22. The van der Waals surface area contributed by atoms with Crippen molar-refractivity contribution in [1.82, 2.24) is 0 Å². The van der Waals surface area contributed by atoms with E-state index in [1.807, 2.05) is 12.2 Å². The Balaban J connectivity index is 4.48. The number of esters is 3. The van der Waals surface area contributed by atoms with Crippen molar-refractivity contribution in [3.05, 3.63) is 134 Å². The molecule has 0 aliphatic carbocycles. The van der Waals surface area contributed by atoms with E-state index in [9.17, 15) is 14.4 Å². The van der Waals surface area contributed by atoms with Crippen LogP contribution in [0.1, 0.15) is 245 Å². The third-order valence-corrected chi connectivity index (χ3v) is 11.9. The molecule has 0 aromatic carbocycles. The quantitative estimate of drug-likeness (QED) is 0.0261. The van der Waals surface area contributed by atoms with E-state index in [0.717, 1.165) is 116 Å². The number of ether oxygens (including phenoxy) is 3. The molecule has 0 aliphatic heterocycles. The van der Waals surface area contributed by atoms with Crippen molar-refractivity contribution >= 4 is 17.9 Å². The molecule has 1 atom stereocenters. The van der Waals surface area contributed by atoms with E-state index in [-0.39, 0.29) is 37.5 Å². The van der Waals surface area contributed by atoms with Crippen LogP contribution in [0.2, 0.25) is 0 Å². The van der Waals surface area contributed by atoms with Crippen molar-refractivity contribution in [3.8, 4) is 0 Å². The molecule has 6 heteroatoms. The van der Waals surface area contributed by atoms with Crippen LogP contribution >= 0.6 is 0 Å². The van der Waals surface area contributed by atoms with Gasteiger partial charge in [0.1, 0.15) is 13.2 Å². The highest BCUT2D eigenvalue weighted by Gasteiger charge is 2.19. The summed E-state index contributed by atoms with van der Waals surface area (Å²) in [6.07, 6.45) is 83.2. The summed E-state index contributed by atoms with van der Waals surface area (Å²) in [5.74, 6) is -1.03. The minimum Gasteiger partial charge on any atom is -0.462 e. The Morgan fingerprint density at radius 3 is 0.931 bits per heavy atom. The van der Waals surface area contributed by atoms with Crippen molar-refractivity contribution in [3.63, 3.8) is 0 Å². The second-order valence-corrected chi connectivity index (χ2v) is 18.8. The summed E-state index contributed by atoms with van der Waals surface area (Å²) in [6, 6.07) is 0. The standard InChI is InChI=1S/C66H106O6/c1-4-7-10-13-16-19-22-25-27-29-30-31-32-33-34-35-36-37-39-41-44-47-50-53-56-59-65(68)71-62-63(61-70-64(67)58-55-52-49-46-43-40-24-21-18-15-12-9-6-3)72-66(69)60-57-54-51-48-45-42-38-28-26-23-20-17-14-11-8-5-2/h7,9-10,12,16,18-19,21,25,27,30-31,33-34,36-37,40-41,43-44,49,52,63H,4-6,8,11,13-15,17,20,22-24,26,28-29,32,35,38-39,42,45-48,50-51,53-62H2,1-3H3/b10-7-,12-9-,19-16-,21-18-,27-25-,31-30-,34-33-,37-36-,43-40-,44-41-,52-49-. The van der Waals surface area contributed by atoms with E-state index in [1.54, 1.807) is 0 Å². The van der Waals surface area contributed by atoms with Crippen LogP contribution in [0.3, 0.4) is 0 Å². The SMILES string of the molecule is CC/C=C\C/C=C\C/C=C\C/C=C\C/C=C\C/C=C\C/C=C\CCCCCC(=O)OCC(COC(=O)CC/C=C\C/C=C\C/C=C\C/C=C\CC)OC(=O)CCCCCCCCCCCCCCCCCC. The second-order valence-electron chi connectivity index (χ2n) is 18.8. The third-order valence-electron chi connectivity index (χ3n) is 11.9. The van der Waals surface area contributed by atoms with Gasteiger partial charge >= 0.3 is 17.9 Å². The van der Waals surface area contributed by atoms with E-state index >= 15 is 0 Å². The summed E-state index contributed by atoms with van der Waals surface area (Å²) in [6.45, 7) is 6.32. The fraction of sp³-hybridized carbons (Fsp3) is 0.621. The normalized spacial score (nSPS) is 13.1. The minimum absolute atomic E-state index is 0.120. The summed E-state index contributed by atoms with van der Waals surface area (Å²) in [5.41, 5.74) is 0. The zero-order valence-corrected chi connectivity index (χ0v) is 46.4. The molecule has 0 bridgehead atoms. The molecule has 0 rings (SSSR count). The van der Waals surface area contributed by atoms with Gasteiger partial charge in [0.15, 0.2) is 6.10 Å². The molecule has 0 saturated carbocycles. The number of hydrogen-bond acceptors (Lipinski definition) is 6. The maximum Gasteiger partial charge on any atom is 0.306 e. The molecule has 0 spiro atoms. The van der Waals surface area contributed by atoms with Crippen LogP contribution in [0.25, 0.3) is 0 Å². The van der Waals surface area contributed by atoms with Gasteiger partial charge in [-0.1, -0.05) is 257 Å². The molecule has 0 heterocycles. The third kappa shape index (κ3) is 56.5. The summed E-state index contributed by atoms with van der Waals surface area (Å²) >= 11 is 0. The van der Waals surface area contributed by atoms with E-state index < -0.39 is 6.10 Å². The second kappa shape index (κ2) is 59.1. The van der Waals surface area contributed by atoms with E-state index in [1.165, 1.54) is 83.5 Å². The predicted octanol–water partition coefficient (Wildman–Crippen LogP) is 19.8. The lowest BCUT2D eigenvalue weighted by Crippen LogP contribution is -2.30. The van der Waals surface area contributed by atoms with Gasteiger partial charge in [0.25, 0.3) is 0 Å². The fourth-order valence-electron chi connectivity index (χ4n) is 7.61. The first kappa shape index (κ1) is 67.5. The van der Waals surface area contributed by atoms with E-state index in [4.69, 9.17) is 14.2 Å². The van der Waals surface area contributed by atoms with Gasteiger partial charge < -0.3 is 14.2 Å². The van der Waals surface area contributed by atoms with Crippen LogP contribution in [0, 0.1) is 0 Å². The number of hydrogen-bond donors (Lipinski definition) is 0. The van der Waals surface area contributed by atoms with Crippen molar-refractivity contribution < 1.29 is 28.6 Å². The average Bonchev–Trinajstić information content (AvgIpc) is 3.38. The van der Waals surface area contributed by atoms with Gasteiger partial charge in [-0.15, -0.1) is 0 Å². The zero-order chi connectivity index (χ0) is 52.2. The molecular formula is C66H106O6. The molecule has 72 heavy (non-hydrogen) atoms. The number of unbranched alkanes of at least 4 members (excludes halogenated alkanes) is 18. The highest BCUT2D eigenvalue weighted by Crippen LogP contribution is 2.15. The van der Waals surface area contributed by atoms with Crippen LogP contribution in [0.15, 0.2) is 134 Å². The molecule has 0 aliphatic rings.